The van der Waals surface area contributed by atoms with Gasteiger partial charge in [0.1, 0.15) is 0 Å². The normalized spacial score (nSPS) is 10.6. The first-order valence-electron chi connectivity index (χ1n) is 6.74. The summed E-state index contributed by atoms with van der Waals surface area (Å²) in [5.74, 6) is 0.0510. The molecule has 1 N–H and O–H groups in total. The second kappa shape index (κ2) is 7.79. The van der Waals surface area contributed by atoms with E-state index in [9.17, 15) is 4.79 Å². The second-order valence-electron chi connectivity index (χ2n) is 4.69. The number of ether oxygens (including phenoxy) is 1. The first kappa shape index (κ1) is 15.5. The highest BCUT2D eigenvalue weighted by Crippen LogP contribution is 2.13. The minimum absolute atomic E-state index is 0.0510. The number of carbonyl (C=O) groups excluding carboxylic acids is 1. The van der Waals surface area contributed by atoms with E-state index >= 15 is 0 Å². The maximum Gasteiger partial charge on any atom is 0.254 e. The molecule has 1 rings (SSSR count). The molecule has 4 heteroatoms. The topological polar surface area (TPSA) is 41.6 Å². The van der Waals surface area contributed by atoms with Gasteiger partial charge >= 0.3 is 0 Å². The lowest BCUT2D eigenvalue weighted by atomic mass is 10.1. The first-order chi connectivity index (χ1) is 9.10. The molecule has 0 aliphatic heterocycles. The summed E-state index contributed by atoms with van der Waals surface area (Å²) in [7, 11) is 1.65. The van der Waals surface area contributed by atoms with E-state index in [0.29, 0.717) is 18.7 Å². The molecule has 0 aliphatic carbocycles. The van der Waals surface area contributed by atoms with Crippen LogP contribution in [0.15, 0.2) is 24.3 Å². The Morgan fingerprint density at radius 1 is 1.32 bits per heavy atom. The summed E-state index contributed by atoms with van der Waals surface area (Å²) in [6.45, 7) is 8.12. The van der Waals surface area contributed by atoms with Crippen molar-refractivity contribution in [3.8, 4) is 0 Å². The van der Waals surface area contributed by atoms with Crippen molar-refractivity contribution in [2.24, 2.45) is 0 Å². The van der Waals surface area contributed by atoms with Crippen LogP contribution in [0.25, 0.3) is 0 Å². The second-order valence-corrected chi connectivity index (χ2v) is 4.69. The summed E-state index contributed by atoms with van der Waals surface area (Å²) in [6, 6.07) is 7.76. The average Bonchev–Trinajstić information content (AvgIpc) is 2.40. The Morgan fingerprint density at radius 2 is 1.95 bits per heavy atom. The SMILES string of the molecule is CCNc1ccc(C(=O)N(CCOC)C(C)C)cc1. The number of nitrogens with zero attached hydrogens (tertiary/aromatic N) is 1. The zero-order valence-corrected chi connectivity index (χ0v) is 12.3. The number of carbonyl (C=O) groups is 1. The fraction of sp³-hybridized carbons (Fsp3) is 0.533. The highest BCUT2D eigenvalue weighted by Gasteiger charge is 2.18. The van der Waals surface area contributed by atoms with Gasteiger partial charge in [-0.1, -0.05) is 0 Å². The number of methoxy groups -OCH3 is 1. The molecule has 0 fully saturated rings. The maximum absolute atomic E-state index is 12.4. The minimum Gasteiger partial charge on any atom is -0.385 e. The van der Waals surface area contributed by atoms with E-state index in [0.717, 1.165) is 12.2 Å². The molecular weight excluding hydrogens is 240 g/mol. The summed E-state index contributed by atoms with van der Waals surface area (Å²) in [5.41, 5.74) is 1.75. The third kappa shape index (κ3) is 4.56. The molecule has 0 unspecified atom stereocenters. The molecule has 0 aromatic heterocycles. The van der Waals surface area contributed by atoms with Crippen LogP contribution in [-0.4, -0.2) is 43.7 Å². The van der Waals surface area contributed by atoms with Crippen molar-refractivity contribution in [2.75, 3.05) is 32.1 Å². The lowest BCUT2D eigenvalue weighted by molar-refractivity contribution is 0.0635. The van der Waals surface area contributed by atoms with Gasteiger partial charge in [0.2, 0.25) is 0 Å². The molecule has 0 radical (unpaired) electrons. The number of hydrogen-bond donors (Lipinski definition) is 1. The molecule has 0 atom stereocenters. The molecule has 4 nitrogen and oxygen atoms in total. The molecule has 19 heavy (non-hydrogen) atoms. The summed E-state index contributed by atoms with van der Waals surface area (Å²) >= 11 is 0. The molecule has 1 amide bonds. The van der Waals surface area contributed by atoms with Gasteiger partial charge in [0.05, 0.1) is 6.61 Å². The predicted molar refractivity (Wildman–Crippen MR) is 78.7 cm³/mol. The van der Waals surface area contributed by atoms with Gasteiger partial charge < -0.3 is 15.0 Å². The minimum atomic E-state index is 0.0510. The number of amides is 1. The van der Waals surface area contributed by atoms with Crippen LogP contribution >= 0.6 is 0 Å². The predicted octanol–water partition coefficient (Wildman–Crippen LogP) is 2.62. The van der Waals surface area contributed by atoms with E-state index in [1.54, 1.807) is 7.11 Å². The number of benzene rings is 1. The first-order valence-corrected chi connectivity index (χ1v) is 6.74. The molecule has 0 heterocycles. The fourth-order valence-corrected chi connectivity index (χ4v) is 1.88. The Bertz CT molecular complexity index is 388. The zero-order chi connectivity index (χ0) is 14.3. The van der Waals surface area contributed by atoms with E-state index in [-0.39, 0.29) is 11.9 Å². The summed E-state index contributed by atoms with van der Waals surface area (Å²) in [4.78, 5) is 14.2. The Morgan fingerprint density at radius 3 is 2.42 bits per heavy atom. The van der Waals surface area contributed by atoms with Crippen molar-refractivity contribution in [2.45, 2.75) is 26.8 Å². The number of hydrogen-bond acceptors (Lipinski definition) is 3. The van der Waals surface area contributed by atoms with Gasteiger partial charge in [-0.2, -0.15) is 0 Å². The standard InChI is InChI=1S/C15H24N2O2/c1-5-16-14-8-6-13(7-9-14)15(18)17(12(2)3)10-11-19-4/h6-9,12,16H,5,10-11H2,1-4H3. The molecular formula is C15H24N2O2. The van der Waals surface area contributed by atoms with E-state index in [1.165, 1.54) is 0 Å². The van der Waals surface area contributed by atoms with Crippen LogP contribution in [0.4, 0.5) is 5.69 Å². The maximum atomic E-state index is 12.4. The summed E-state index contributed by atoms with van der Waals surface area (Å²) in [6.07, 6.45) is 0. The Hall–Kier alpha value is -1.55. The summed E-state index contributed by atoms with van der Waals surface area (Å²) < 4.78 is 5.06. The molecule has 0 spiro atoms. The van der Waals surface area contributed by atoms with E-state index in [2.05, 4.69) is 5.32 Å². The number of rotatable bonds is 7. The van der Waals surface area contributed by atoms with Crippen molar-refractivity contribution >= 4 is 11.6 Å². The molecule has 0 bridgehead atoms. The van der Waals surface area contributed by atoms with Gasteiger partial charge in [-0.05, 0) is 45.0 Å². The van der Waals surface area contributed by atoms with Gasteiger partial charge in [0, 0.05) is 37.5 Å². The van der Waals surface area contributed by atoms with Crippen LogP contribution in [0.3, 0.4) is 0 Å². The van der Waals surface area contributed by atoms with Crippen LogP contribution in [0.1, 0.15) is 31.1 Å². The molecule has 0 aliphatic rings. The highest BCUT2D eigenvalue weighted by molar-refractivity contribution is 5.94. The van der Waals surface area contributed by atoms with Gasteiger partial charge in [-0.25, -0.2) is 0 Å². The van der Waals surface area contributed by atoms with Crippen molar-refractivity contribution in [1.82, 2.24) is 4.90 Å². The summed E-state index contributed by atoms with van der Waals surface area (Å²) in [5, 5.41) is 3.22. The number of anilines is 1. The van der Waals surface area contributed by atoms with Gasteiger partial charge in [-0.3, -0.25) is 4.79 Å². The molecule has 1 aromatic carbocycles. The molecule has 106 valence electrons. The van der Waals surface area contributed by atoms with E-state index < -0.39 is 0 Å². The van der Waals surface area contributed by atoms with Crippen molar-refractivity contribution < 1.29 is 9.53 Å². The lowest BCUT2D eigenvalue weighted by Gasteiger charge is -2.26. The third-order valence-corrected chi connectivity index (χ3v) is 2.93. The van der Waals surface area contributed by atoms with E-state index in [1.807, 2.05) is 49.9 Å². The Balaban J connectivity index is 2.78. The van der Waals surface area contributed by atoms with Crippen molar-refractivity contribution in [3.05, 3.63) is 29.8 Å². The highest BCUT2D eigenvalue weighted by atomic mass is 16.5. The third-order valence-electron chi connectivity index (χ3n) is 2.93. The quantitative estimate of drug-likeness (QED) is 0.823. The number of nitrogens with one attached hydrogen (secondary N) is 1. The van der Waals surface area contributed by atoms with E-state index in [4.69, 9.17) is 4.74 Å². The molecule has 0 saturated heterocycles. The van der Waals surface area contributed by atoms with Crippen LogP contribution < -0.4 is 5.32 Å². The molecule has 0 saturated carbocycles. The smallest absolute Gasteiger partial charge is 0.254 e. The Labute approximate surface area is 115 Å². The zero-order valence-electron chi connectivity index (χ0n) is 12.3. The molecule has 1 aromatic rings. The monoisotopic (exact) mass is 264 g/mol. The van der Waals surface area contributed by atoms with Gasteiger partial charge in [-0.15, -0.1) is 0 Å². The van der Waals surface area contributed by atoms with Crippen molar-refractivity contribution in [3.63, 3.8) is 0 Å². The van der Waals surface area contributed by atoms with Crippen molar-refractivity contribution in [1.29, 1.82) is 0 Å². The fourth-order valence-electron chi connectivity index (χ4n) is 1.88. The average molecular weight is 264 g/mol. The van der Waals surface area contributed by atoms with Crippen LogP contribution in [0.2, 0.25) is 0 Å². The van der Waals surface area contributed by atoms with Gasteiger partial charge in [0.25, 0.3) is 5.91 Å². The largest absolute Gasteiger partial charge is 0.385 e. The lowest BCUT2D eigenvalue weighted by Crippen LogP contribution is -2.39. The van der Waals surface area contributed by atoms with Gasteiger partial charge in [0.15, 0.2) is 0 Å². The van der Waals surface area contributed by atoms with Crippen LogP contribution in [0, 0.1) is 0 Å². The van der Waals surface area contributed by atoms with Crippen LogP contribution in [0.5, 0.6) is 0 Å². The Kier molecular flexibility index (Phi) is 6.36. The van der Waals surface area contributed by atoms with Crippen LogP contribution in [-0.2, 0) is 4.74 Å².